The first-order chi connectivity index (χ1) is 10.1. The van der Waals surface area contributed by atoms with Crippen LogP contribution in [0.4, 0.5) is 0 Å². The average Bonchev–Trinajstić information content (AvgIpc) is 2.84. The van der Waals surface area contributed by atoms with Gasteiger partial charge in [-0.2, -0.15) is 0 Å². The van der Waals surface area contributed by atoms with Gasteiger partial charge in [0.2, 0.25) is 11.8 Å². The summed E-state index contributed by atoms with van der Waals surface area (Å²) in [6.45, 7) is 0.552. The fourth-order valence-corrected chi connectivity index (χ4v) is 3.60. The van der Waals surface area contributed by atoms with Gasteiger partial charge in [-0.15, -0.1) is 0 Å². The van der Waals surface area contributed by atoms with Crippen molar-refractivity contribution in [3.8, 4) is 0 Å². The normalized spacial score (nSPS) is 24.9. The van der Waals surface area contributed by atoms with E-state index < -0.39 is 0 Å². The molecule has 1 aromatic rings. The first-order valence-electron chi connectivity index (χ1n) is 7.66. The molecule has 4 nitrogen and oxygen atoms in total. The predicted octanol–water partition coefficient (Wildman–Crippen LogP) is 2.00. The maximum absolute atomic E-state index is 12.7. The van der Waals surface area contributed by atoms with Gasteiger partial charge in [-0.3, -0.25) is 9.59 Å². The Morgan fingerprint density at radius 2 is 2.10 bits per heavy atom. The molecule has 0 spiro atoms. The van der Waals surface area contributed by atoms with Crippen molar-refractivity contribution in [3.63, 3.8) is 0 Å². The molecule has 2 aliphatic rings. The standard InChI is InChI=1S/C17H22N2O2/c1-18-11-13(10-16(18)20)17(21)19(2)15-9-5-7-12-6-3-4-8-14(12)15/h3-4,6,8,13,15H,5,7,9-11H2,1-2H3. The maximum atomic E-state index is 12.7. The van der Waals surface area contributed by atoms with Crippen LogP contribution in [0.1, 0.15) is 36.4 Å². The van der Waals surface area contributed by atoms with Crippen LogP contribution in [0, 0.1) is 5.92 Å². The quantitative estimate of drug-likeness (QED) is 0.834. The molecule has 2 amide bonds. The van der Waals surface area contributed by atoms with Crippen molar-refractivity contribution in [2.75, 3.05) is 20.6 Å². The highest BCUT2D eigenvalue weighted by Gasteiger charge is 2.36. The number of likely N-dealkylation sites (tertiary alicyclic amines) is 1. The molecule has 2 unspecified atom stereocenters. The minimum Gasteiger partial charge on any atom is -0.345 e. The van der Waals surface area contributed by atoms with Gasteiger partial charge in [-0.1, -0.05) is 24.3 Å². The Labute approximate surface area is 125 Å². The Bertz CT molecular complexity index is 570. The van der Waals surface area contributed by atoms with E-state index in [0.29, 0.717) is 13.0 Å². The Kier molecular flexibility index (Phi) is 3.70. The third-order valence-electron chi connectivity index (χ3n) is 4.84. The number of rotatable bonds is 2. The van der Waals surface area contributed by atoms with Gasteiger partial charge in [0.15, 0.2) is 0 Å². The summed E-state index contributed by atoms with van der Waals surface area (Å²) in [6.07, 6.45) is 3.58. The molecule has 0 saturated carbocycles. The second-order valence-electron chi connectivity index (χ2n) is 6.23. The molecule has 1 heterocycles. The Morgan fingerprint density at radius 1 is 1.33 bits per heavy atom. The molecule has 3 rings (SSSR count). The molecule has 0 radical (unpaired) electrons. The third kappa shape index (κ3) is 2.55. The number of fused-ring (bicyclic) bond motifs is 1. The molecular formula is C17H22N2O2. The molecule has 4 heteroatoms. The van der Waals surface area contributed by atoms with E-state index in [1.807, 2.05) is 18.0 Å². The lowest BCUT2D eigenvalue weighted by atomic mass is 9.86. The van der Waals surface area contributed by atoms with Crippen LogP contribution in [0.15, 0.2) is 24.3 Å². The molecular weight excluding hydrogens is 264 g/mol. The van der Waals surface area contributed by atoms with Crippen LogP contribution >= 0.6 is 0 Å². The van der Waals surface area contributed by atoms with E-state index in [4.69, 9.17) is 0 Å². The zero-order chi connectivity index (χ0) is 15.0. The summed E-state index contributed by atoms with van der Waals surface area (Å²) in [5.41, 5.74) is 2.63. The highest BCUT2D eigenvalue weighted by atomic mass is 16.2. The molecule has 1 aromatic carbocycles. The lowest BCUT2D eigenvalue weighted by Gasteiger charge is -2.34. The van der Waals surface area contributed by atoms with E-state index in [-0.39, 0.29) is 23.8 Å². The Balaban J connectivity index is 1.78. The zero-order valence-electron chi connectivity index (χ0n) is 12.7. The monoisotopic (exact) mass is 286 g/mol. The van der Waals surface area contributed by atoms with Crippen LogP contribution < -0.4 is 0 Å². The number of benzene rings is 1. The molecule has 112 valence electrons. The van der Waals surface area contributed by atoms with Gasteiger partial charge >= 0.3 is 0 Å². The van der Waals surface area contributed by atoms with E-state index in [2.05, 4.69) is 18.2 Å². The third-order valence-corrected chi connectivity index (χ3v) is 4.84. The average molecular weight is 286 g/mol. The number of hydrogen-bond acceptors (Lipinski definition) is 2. The largest absolute Gasteiger partial charge is 0.345 e. The van der Waals surface area contributed by atoms with Crippen molar-refractivity contribution in [3.05, 3.63) is 35.4 Å². The summed E-state index contributed by atoms with van der Waals surface area (Å²) in [5, 5.41) is 0. The number of amides is 2. The highest BCUT2D eigenvalue weighted by Crippen LogP contribution is 2.34. The van der Waals surface area contributed by atoms with Gasteiger partial charge in [0.1, 0.15) is 0 Å². The number of aryl methyl sites for hydroxylation is 1. The van der Waals surface area contributed by atoms with Crippen LogP contribution in [-0.4, -0.2) is 42.3 Å². The molecule has 21 heavy (non-hydrogen) atoms. The van der Waals surface area contributed by atoms with Crippen LogP contribution in [0.5, 0.6) is 0 Å². The minimum absolute atomic E-state index is 0.0748. The van der Waals surface area contributed by atoms with Crippen LogP contribution in [0.3, 0.4) is 0 Å². The van der Waals surface area contributed by atoms with Gasteiger partial charge in [0.05, 0.1) is 12.0 Å². The second-order valence-corrected chi connectivity index (χ2v) is 6.23. The molecule has 1 aliphatic heterocycles. The van der Waals surface area contributed by atoms with Crippen molar-refractivity contribution in [2.45, 2.75) is 31.7 Å². The van der Waals surface area contributed by atoms with Crippen LogP contribution in [0.25, 0.3) is 0 Å². The van der Waals surface area contributed by atoms with Crippen LogP contribution in [0.2, 0.25) is 0 Å². The number of hydrogen-bond donors (Lipinski definition) is 0. The van der Waals surface area contributed by atoms with Gasteiger partial charge in [-0.25, -0.2) is 0 Å². The van der Waals surface area contributed by atoms with Gasteiger partial charge < -0.3 is 9.80 Å². The first kappa shape index (κ1) is 14.1. The smallest absolute Gasteiger partial charge is 0.228 e. The van der Waals surface area contributed by atoms with Crippen molar-refractivity contribution in [2.24, 2.45) is 5.92 Å². The summed E-state index contributed by atoms with van der Waals surface area (Å²) >= 11 is 0. The Hall–Kier alpha value is -1.84. The summed E-state index contributed by atoms with van der Waals surface area (Å²) in [7, 11) is 3.66. The number of nitrogens with zero attached hydrogens (tertiary/aromatic N) is 2. The molecule has 0 bridgehead atoms. The SMILES string of the molecule is CN1CC(C(=O)N(C)C2CCCc3ccccc32)CC1=O. The topological polar surface area (TPSA) is 40.6 Å². The van der Waals surface area contributed by atoms with E-state index >= 15 is 0 Å². The number of carbonyl (C=O) groups excluding carboxylic acids is 2. The molecule has 0 aromatic heterocycles. The number of carbonyl (C=O) groups is 2. The zero-order valence-corrected chi connectivity index (χ0v) is 12.7. The Morgan fingerprint density at radius 3 is 2.81 bits per heavy atom. The van der Waals surface area contributed by atoms with Gasteiger partial charge in [-0.05, 0) is 30.4 Å². The van der Waals surface area contributed by atoms with Crippen molar-refractivity contribution in [1.82, 2.24) is 9.80 Å². The van der Waals surface area contributed by atoms with Gasteiger partial charge in [0.25, 0.3) is 0 Å². The fourth-order valence-electron chi connectivity index (χ4n) is 3.60. The second kappa shape index (κ2) is 5.51. The summed E-state index contributed by atoms with van der Waals surface area (Å²) in [4.78, 5) is 27.9. The lowest BCUT2D eigenvalue weighted by molar-refractivity contribution is -0.137. The molecule has 1 fully saturated rings. The molecule has 0 N–H and O–H groups in total. The van der Waals surface area contributed by atoms with E-state index in [1.165, 1.54) is 11.1 Å². The molecule has 1 saturated heterocycles. The maximum Gasteiger partial charge on any atom is 0.228 e. The fraction of sp³-hybridized carbons (Fsp3) is 0.529. The lowest BCUT2D eigenvalue weighted by Crippen LogP contribution is -2.38. The predicted molar refractivity (Wildman–Crippen MR) is 80.6 cm³/mol. The van der Waals surface area contributed by atoms with E-state index in [0.717, 1.165) is 19.3 Å². The van der Waals surface area contributed by atoms with Crippen LogP contribution in [-0.2, 0) is 16.0 Å². The summed E-state index contributed by atoms with van der Waals surface area (Å²) in [5.74, 6) is 0.00165. The minimum atomic E-state index is -0.179. The van der Waals surface area contributed by atoms with Crippen molar-refractivity contribution in [1.29, 1.82) is 0 Å². The summed E-state index contributed by atoms with van der Waals surface area (Å²) < 4.78 is 0. The summed E-state index contributed by atoms with van der Waals surface area (Å²) in [6, 6.07) is 8.56. The van der Waals surface area contributed by atoms with E-state index in [9.17, 15) is 9.59 Å². The molecule has 1 aliphatic carbocycles. The first-order valence-corrected chi connectivity index (χ1v) is 7.66. The van der Waals surface area contributed by atoms with Gasteiger partial charge in [0, 0.05) is 27.1 Å². The van der Waals surface area contributed by atoms with Crippen molar-refractivity contribution < 1.29 is 9.59 Å². The highest BCUT2D eigenvalue weighted by molar-refractivity contribution is 5.89. The van der Waals surface area contributed by atoms with Crippen molar-refractivity contribution >= 4 is 11.8 Å². The molecule has 2 atom stereocenters. The van der Waals surface area contributed by atoms with E-state index in [1.54, 1.807) is 11.9 Å².